The molecule has 4 nitrogen and oxygen atoms in total. The quantitative estimate of drug-likeness (QED) is 0.386. The van der Waals surface area contributed by atoms with Crippen LogP contribution < -0.4 is 4.74 Å². The molecule has 0 saturated heterocycles. The van der Waals surface area contributed by atoms with E-state index in [0.29, 0.717) is 23.3 Å². The van der Waals surface area contributed by atoms with E-state index < -0.39 is 17.3 Å². The van der Waals surface area contributed by atoms with E-state index in [1.807, 2.05) is 30.3 Å². The second-order valence-electron chi connectivity index (χ2n) is 8.32. The van der Waals surface area contributed by atoms with Crippen LogP contribution in [-0.2, 0) is 6.42 Å². The molecule has 0 spiro atoms. The molecule has 5 heteroatoms. The van der Waals surface area contributed by atoms with E-state index in [2.05, 4.69) is 24.3 Å². The van der Waals surface area contributed by atoms with Crippen LogP contribution in [0, 0.1) is 11.7 Å². The lowest BCUT2D eigenvalue weighted by Gasteiger charge is -2.25. The standard InChI is InChI=1S/C29H21FO4/c30-25-8-4-7-23(27(25)29(32)33)21-13-14-24-26(16-21)34-17-22(28(24)31)15-18-9-11-20(12-10-18)19-5-2-1-3-6-19/h1-14,16,22H,15,17H2,(H,32,33). The number of carbonyl (C=O) groups is 2. The summed E-state index contributed by atoms with van der Waals surface area (Å²) in [6.07, 6.45) is 0.558. The molecule has 0 saturated carbocycles. The summed E-state index contributed by atoms with van der Waals surface area (Å²) in [5.74, 6) is -2.10. The molecular formula is C29H21FO4. The number of hydrogen-bond acceptors (Lipinski definition) is 3. The third-order valence-electron chi connectivity index (χ3n) is 6.14. The minimum atomic E-state index is -1.35. The van der Waals surface area contributed by atoms with Gasteiger partial charge in [-0.2, -0.15) is 0 Å². The van der Waals surface area contributed by atoms with Crippen LogP contribution in [0.2, 0.25) is 0 Å². The molecule has 34 heavy (non-hydrogen) atoms. The second kappa shape index (κ2) is 8.94. The maximum Gasteiger partial charge on any atom is 0.339 e. The predicted octanol–water partition coefficient (Wildman–Crippen LogP) is 6.29. The molecule has 0 bridgehead atoms. The Morgan fingerprint density at radius 3 is 2.29 bits per heavy atom. The van der Waals surface area contributed by atoms with E-state index in [1.165, 1.54) is 6.07 Å². The minimum Gasteiger partial charge on any atom is -0.492 e. The van der Waals surface area contributed by atoms with Gasteiger partial charge in [0.2, 0.25) is 0 Å². The highest BCUT2D eigenvalue weighted by Gasteiger charge is 2.29. The molecular weight excluding hydrogens is 431 g/mol. The Bertz CT molecular complexity index is 1380. The summed E-state index contributed by atoms with van der Waals surface area (Å²) < 4.78 is 20.0. The molecule has 4 aromatic carbocycles. The SMILES string of the molecule is O=C(O)c1c(F)cccc1-c1ccc2c(c1)OCC(Cc1ccc(-c3ccccc3)cc1)C2=O. The highest BCUT2D eigenvalue weighted by Crippen LogP contribution is 2.35. The van der Waals surface area contributed by atoms with Crippen molar-refractivity contribution in [2.24, 2.45) is 5.92 Å². The highest BCUT2D eigenvalue weighted by molar-refractivity contribution is 6.03. The lowest BCUT2D eigenvalue weighted by molar-refractivity contribution is 0.0692. The number of aromatic carboxylic acids is 1. The minimum absolute atomic E-state index is 0.0161. The van der Waals surface area contributed by atoms with Crippen LogP contribution in [0.5, 0.6) is 5.75 Å². The van der Waals surface area contributed by atoms with Gasteiger partial charge in [0, 0.05) is 0 Å². The number of halogens is 1. The zero-order valence-electron chi connectivity index (χ0n) is 18.2. The van der Waals surface area contributed by atoms with Crippen molar-refractivity contribution >= 4 is 11.8 Å². The monoisotopic (exact) mass is 452 g/mol. The third kappa shape index (κ3) is 4.08. The molecule has 0 radical (unpaired) electrons. The van der Waals surface area contributed by atoms with Gasteiger partial charge in [-0.3, -0.25) is 4.79 Å². The third-order valence-corrected chi connectivity index (χ3v) is 6.14. The Hall–Kier alpha value is -4.25. The fourth-order valence-electron chi connectivity index (χ4n) is 4.38. The summed E-state index contributed by atoms with van der Waals surface area (Å²) in [4.78, 5) is 24.7. The zero-order chi connectivity index (χ0) is 23.7. The van der Waals surface area contributed by atoms with Crippen molar-refractivity contribution in [1.82, 2.24) is 0 Å². The molecule has 1 N–H and O–H groups in total. The molecule has 5 rings (SSSR count). The average Bonchev–Trinajstić information content (AvgIpc) is 2.86. The lowest BCUT2D eigenvalue weighted by Crippen LogP contribution is -2.29. The maximum atomic E-state index is 14.1. The van der Waals surface area contributed by atoms with Gasteiger partial charge >= 0.3 is 5.97 Å². The topological polar surface area (TPSA) is 63.6 Å². The van der Waals surface area contributed by atoms with Gasteiger partial charge in [-0.05, 0) is 52.4 Å². The number of carboxylic acids is 1. The second-order valence-corrected chi connectivity index (χ2v) is 8.32. The number of carboxylic acid groups (broad SMARTS) is 1. The number of ether oxygens (including phenoxy) is 1. The summed E-state index contributed by atoms with van der Waals surface area (Å²) in [5.41, 5.74) is 4.08. The number of fused-ring (bicyclic) bond motifs is 1. The van der Waals surface area contributed by atoms with E-state index in [0.717, 1.165) is 22.8 Å². The Morgan fingerprint density at radius 2 is 1.56 bits per heavy atom. The zero-order valence-corrected chi connectivity index (χ0v) is 18.2. The van der Waals surface area contributed by atoms with Crippen LogP contribution in [0.1, 0.15) is 26.3 Å². The number of rotatable bonds is 5. The van der Waals surface area contributed by atoms with Crippen molar-refractivity contribution in [3.63, 3.8) is 0 Å². The molecule has 1 aliphatic heterocycles. The van der Waals surface area contributed by atoms with Crippen molar-refractivity contribution in [1.29, 1.82) is 0 Å². The molecule has 4 aromatic rings. The van der Waals surface area contributed by atoms with Crippen molar-refractivity contribution < 1.29 is 23.8 Å². The van der Waals surface area contributed by atoms with Crippen LogP contribution in [0.25, 0.3) is 22.3 Å². The van der Waals surface area contributed by atoms with E-state index in [-0.39, 0.29) is 23.9 Å². The number of ketones is 1. The lowest BCUT2D eigenvalue weighted by atomic mass is 9.88. The van der Waals surface area contributed by atoms with Crippen LogP contribution in [-0.4, -0.2) is 23.5 Å². The van der Waals surface area contributed by atoms with Crippen molar-refractivity contribution in [3.05, 3.63) is 114 Å². The summed E-state index contributed by atoms with van der Waals surface area (Å²) in [5, 5.41) is 9.42. The van der Waals surface area contributed by atoms with Crippen LogP contribution in [0.15, 0.2) is 91.0 Å². The van der Waals surface area contributed by atoms with Gasteiger partial charge in [0.1, 0.15) is 17.1 Å². The van der Waals surface area contributed by atoms with Crippen molar-refractivity contribution in [3.8, 4) is 28.0 Å². The summed E-state index contributed by atoms with van der Waals surface area (Å²) in [6.45, 7) is 0.227. The fourth-order valence-corrected chi connectivity index (χ4v) is 4.38. The van der Waals surface area contributed by atoms with E-state index in [1.54, 1.807) is 24.3 Å². The number of carbonyl (C=O) groups excluding carboxylic acids is 1. The average molecular weight is 452 g/mol. The van der Waals surface area contributed by atoms with Crippen LogP contribution in [0.3, 0.4) is 0 Å². The maximum absolute atomic E-state index is 14.1. The van der Waals surface area contributed by atoms with Gasteiger partial charge < -0.3 is 9.84 Å². The van der Waals surface area contributed by atoms with Gasteiger partial charge in [0.15, 0.2) is 5.78 Å². The molecule has 1 heterocycles. The largest absolute Gasteiger partial charge is 0.492 e. The Kier molecular flexibility index (Phi) is 5.68. The molecule has 168 valence electrons. The first-order valence-corrected chi connectivity index (χ1v) is 11.0. The molecule has 1 aliphatic rings. The van der Waals surface area contributed by atoms with Gasteiger partial charge in [0.25, 0.3) is 0 Å². The summed E-state index contributed by atoms with van der Waals surface area (Å²) in [6, 6.07) is 27.3. The molecule has 0 fully saturated rings. The van der Waals surface area contributed by atoms with Crippen LogP contribution >= 0.6 is 0 Å². The van der Waals surface area contributed by atoms with Crippen LogP contribution in [0.4, 0.5) is 4.39 Å². The Labute approximate surface area is 196 Å². The number of Topliss-reactive ketones (excluding diaryl/α,β-unsaturated/α-hetero) is 1. The molecule has 0 aromatic heterocycles. The van der Waals surface area contributed by atoms with Gasteiger partial charge in [0.05, 0.1) is 18.1 Å². The summed E-state index contributed by atoms with van der Waals surface area (Å²) in [7, 11) is 0. The molecule has 1 unspecified atom stereocenters. The Balaban J connectivity index is 1.36. The van der Waals surface area contributed by atoms with Crippen molar-refractivity contribution in [2.75, 3.05) is 6.61 Å². The summed E-state index contributed by atoms with van der Waals surface area (Å²) >= 11 is 0. The molecule has 0 amide bonds. The number of benzene rings is 4. The first kappa shape index (κ1) is 21.6. The molecule has 0 aliphatic carbocycles. The van der Waals surface area contributed by atoms with E-state index >= 15 is 0 Å². The number of hydrogen-bond donors (Lipinski definition) is 1. The van der Waals surface area contributed by atoms with Crippen molar-refractivity contribution in [2.45, 2.75) is 6.42 Å². The smallest absolute Gasteiger partial charge is 0.339 e. The van der Waals surface area contributed by atoms with Gasteiger partial charge in [-0.15, -0.1) is 0 Å². The Morgan fingerprint density at radius 1 is 0.853 bits per heavy atom. The van der Waals surface area contributed by atoms with Gasteiger partial charge in [-0.1, -0.05) is 72.8 Å². The molecule has 1 atom stereocenters. The first-order chi connectivity index (χ1) is 16.5. The van der Waals surface area contributed by atoms with E-state index in [9.17, 15) is 19.1 Å². The van der Waals surface area contributed by atoms with E-state index in [4.69, 9.17) is 4.74 Å². The van der Waals surface area contributed by atoms with Gasteiger partial charge in [-0.25, -0.2) is 9.18 Å². The predicted molar refractivity (Wildman–Crippen MR) is 128 cm³/mol. The highest BCUT2D eigenvalue weighted by atomic mass is 19.1. The fraction of sp³-hybridized carbons (Fsp3) is 0.103. The normalized spacial score (nSPS) is 14.9. The first-order valence-electron chi connectivity index (χ1n) is 11.0.